The molecular formula is C34H63N2O6P. The molecule has 8 nitrogen and oxygen atoms in total. The van der Waals surface area contributed by atoms with Crippen LogP contribution in [0.5, 0.6) is 0 Å². The maximum Gasteiger partial charge on any atom is 0.472 e. The van der Waals surface area contributed by atoms with Gasteiger partial charge in [0.25, 0.3) is 0 Å². The van der Waals surface area contributed by atoms with Crippen molar-refractivity contribution in [3.8, 4) is 0 Å². The summed E-state index contributed by atoms with van der Waals surface area (Å²) in [6.45, 7) is 3.94. The SMILES string of the molecule is CC/C=C\C/C=C\C/C=C\CCCCCC(=O)NC(COP(=O)(O)OCCN)C(O)/C=C/CCCCCCCCCCC. The molecule has 0 heterocycles. The van der Waals surface area contributed by atoms with Crippen LogP contribution in [-0.4, -0.2) is 47.8 Å². The summed E-state index contributed by atoms with van der Waals surface area (Å²) in [4.78, 5) is 22.5. The van der Waals surface area contributed by atoms with Gasteiger partial charge >= 0.3 is 7.82 Å². The second kappa shape index (κ2) is 30.5. The average Bonchev–Trinajstić information content (AvgIpc) is 2.99. The van der Waals surface area contributed by atoms with E-state index in [0.717, 1.165) is 64.2 Å². The van der Waals surface area contributed by atoms with Crippen molar-refractivity contribution in [2.45, 2.75) is 142 Å². The van der Waals surface area contributed by atoms with Crippen LogP contribution in [0.4, 0.5) is 0 Å². The van der Waals surface area contributed by atoms with Crippen molar-refractivity contribution in [1.82, 2.24) is 5.32 Å². The molecule has 0 saturated heterocycles. The Morgan fingerprint density at radius 2 is 1.35 bits per heavy atom. The molecule has 0 fully saturated rings. The zero-order valence-electron chi connectivity index (χ0n) is 27.2. The lowest BCUT2D eigenvalue weighted by Gasteiger charge is -2.23. The van der Waals surface area contributed by atoms with Gasteiger partial charge in [-0.15, -0.1) is 0 Å². The van der Waals surface area contributed by atoms with Gasteiger partial charge in [0.05, 0.1) is 25.4 Å². The van der Waals surface area contributed by atoms with Crippen molar-refractivity contribution in [2.75, 3.05) is 19.8 Å². The fourth-order valence-electron chi connectivity index (χ4n) is 4.38. The molecule has 5 N–H and O–H groups in total. The Labute approximate surface area is 262 Å². The Morgan fingerprint density at radius 3 is 1.98 bits per heavy atom. The fraction of sp³-hybridized carbons (Fsp3) is 0.735. The molecule has 9 heteroatoms. The Morgan fingerprint density at radius 1 is 0.791 bits per heavy atom. The monoisotopic (exact) mass is 626 g/mol. The molecule has 1 amide bonds. The Kier molecular flexibility index (Phi) is 29.4. The lowest BCUT2D eigenvalue weighted by molar-refractivity contribution is -0.123. The minimum atomic E-state index is -4.33. The molecule has 3 unspecified atom stereocenters. The molecule has 0 bridgehead atoms. The molecule has 3 atom stereocenters. The molecule has 0 aliphatic rings. The molecule has 0 rings (SSSR count). The standard InChI is InChI=1S/C34H63N2O6P/c1-3-5-7-9-11-13-15-16-18-20-22-24-26-28-34(38)36-32(31-42-43(39,40)41-30-29-35)33(37)27-25-23-21-19-17-14-12-10-8-6-4-2/h5,7,11,13,16,18,25,27,32-33,37H,3-4,6,8-10,12,14-15,17,19-24,26,28-31,35H2,1-2H3,(H,36,38)(H,39,40)/b7-5-,13-11-,18-16-,27-25+. The Balaban J connectivity index is 4.48. The number of nitrogens with two attached hydrogens (primary N) is 1. The van der Waals surface area contributed by atoms with Crippen LogP contribution < -0.4 is 11.1 Å². The van der Waals surface area contributed by atoms with Crippen LogP contribution in [0.1, 0.15) is 129 Å². The van der Waals surface area contributed by atoms with Gasteiger partial charge in [0.1, 0.15) is 0 Å². The minimum Gasteiger partial charge on any atom is -0.387 e. The number of hydrogen-bond acceptors (Lipinski definition) is 6. The first-order valence-corrected chi connectivity index (χ1v) is 18.3. The highest BCUT2D eigenvalue weighted by Crippen LogP contribution is 2.43. The molecule has 0 aliphatic heterocycles. The van der Waals surface area contributed by atoms with Gasteiger partial charge in [-0.2, -0.15) is 0 Å². The summed E-state index contributed by atoms with van der Waals surface area (Å²) in [5.41, 5.74) is 5.33. The van der Waals surface area contributed by atoms with Gasteiger partial charge in [0, 0.05) is 13.0 Å². The van der Waals surface area contributed by atoms with E-state index >= 15 is 0 Å². The van der Waals surface area contributed by atoms with Crippen LogP contribution in [-0.2, 0) is 18.4 Å². The molecular weight excluding hydrogens is 563 g/mol. The first kappa shape index (κ1) is 41.5. The van der Waals surface area contributed by atoms with E-state index in [-0.39, 0.29) is 25.7 Å². The lowest BCUT2D eigenvalue weighted by atomic mass is 10.1. The van der Waals surface area contributed by atoms with Crippen molar-refractivity contribution in [2.24, 2.45) is 5.73 Å². The third kappa shape index (κ3) is 29.0. The Hall–Kier alpha value is -1.54. The number of aliphatic hydroxyl groups excluding tert-OH is 1. The average molecular weight is 627 g/mol. The summed E-state index contributed by atoms with van der Waals surface area (Å²) in [6.07, 6.45) is 34.4. The Bertz CT molecular complexity index is 815. The highest BCUT2D eigenvalue weighted by atomic mass is 31.2. The zero-order chi connectivity index (χ0) is 31.9. The quantitative estimate of drug-likeness (QED) is 0.0359. The van der Waals surface area contributed by atoms with E-state index in [9.17, 15) is 19.4 Å². The largest absolute Gasteiger partial charge is 0.472 e. The zero-order valence-corrected chi connectivity index (χ0v) is 28.1. The van der Waals surface area contributed by atoms with Crippen molar-refractivity contribution >= 4 is 13.7 Å². The number of carbonyl (C=O) groups is 1. The van der Waals surface area contributed by atoms with Crippen LogP contribution in [0, 0.1) is 0 Å². The fourth-order valence-corrected chi connectivity index (χ4v) is 5.14. The van der Waals surface area contributed by atoms with Crippen LogP contribution in [0.2, 0.25) is 0 Å². The van der Waals surface area contributed by atoms with Crippen molar-refractivity contribution in [3.05, 3.63) is 48.6 Å². The van der Waals surface area contributed by atoms with Gasteiger partial charge in [-0.25, -0.2) is 4.57 Å². The summed E-state index contributed by atoms with van der Waals surface area (Å²) in [6, 6.07) is -0.873. The number of carbonyl (C=O) groups excluding carboxylic acids is 1. The molecule has 0 aromatic carbocycles. The summed E-state index contributed by atoms with van der Waals surface area (Å²) in [5, 5.41) is 13.5. The van der Waals surface area contributed by atoms with Gasteiger partial charge in [-0.05, 0) is 51.4 Å². The van der Waals surface area contributed by atoms with Gasteiger partial charge in [-0.3, -0.25) is 13.8 Å². The van der Waals surface area contributed by atoms with E-state index in [2.05, 4.69) is 55.6 Å². The number of nitrogens with one attached hydrogen (secondary N) is 1. The summed E-state index contributed by atoms with van der Waals surface area (Å²) in [7, 11) is -4.33. The number of phosphoric acid groups is 1. The second-order valence-corrected chi connectivity index (χ2v) is 12.4. The van der Waals surface area contributed by atoms with Gasteiger partial charge < -0.3 is 21.1 Å². The molecule has 250 valence electrons. The second-order valence-electron chi connectivity index (χ2n) is 11.0. The highest BCUT2D eigenvalue weighted by molar-refractivity contribution is 7.47. The third-order valence-electron chi connectivity index (χ3n) is 6.91. The van der Waals surface area contributed by atoms with Gasteiger partial charge in [-0.1, -0.05) is 120 Å². The van der Waals surface area contributed by atoms with Gasteiger partial charge in [0.2, 0.25) is 5.91 Å². The van der Waals surface area contributed by atoms with Crippen LogP contribution >= 0.6 is 7.82 Å². The number of allylic oxidation sites excluding steroid dienone is 7. The maximum atomic E-state index is 12.6. The molecule has 0 aliphatic carbocycles. The summed E-state index contributed by atoms with van der Waals surface area (Å²) in [5.74, 6) is -0.228. The number of hydrogen-bond donors (Lipinski definition) is 4. The van der Waals surface area contributed by atoms with Crippen molar-refractivity contribution in [3.63, 3.8) is 0 Å². The number of phosphoric ester groups is 1. The van der Waals surface area contributed by atoms with Crippen molar-refractivity contribution in [1.29, 1.82) is 0 Å². The van der Waals surface area contributed by atoms with E-state index < -0.39 is 20.0 Å². The number of unbranched alkanes of at least 4 members (excludes halogenated alkanes) is 12. The van der Waals surface area contributed by atoms with Crippen molar-refractivity contribution < 1.29 is 28.4 Å². The van der Waals surface area contributed by atoms with E-state index in [1.165, 1.54) is 44.9 Å². The van der Waals surface area contributed by atoms with E-state index in [4.69, 9.17) is 14.8 Å². The normalized spacial score (nSPS) is 15.2. The smallest absolute Gasteiger partial charge is 0.387 e. The summed E-state index contributed by atoms with van der Waals surface area (Å²) < 4.78 is 21.9. The van der Waals surface area contributed by atoms with E-state index in [1.54, 1.807) is 6.08 Å². The topological polar surface area (TPSA) is 131 Å². The summed E-state index contributed by atoms with van der Waals surface area (Å²) >= 11 is 0. The van der Waals surface area contributed by atoms with Crippen LogP contribution in [0.25, 0.3) is 0 Å². The molecule has 0 radical (unpaired) electrons. The number of rotatable bonds is 30. The van der Waals surface area contributed by atoms with Crippen LogP contribution in [0.15, 0.2) is 48.6 Å². The number of amides is 1. The third-order valence-corrected chi connectivity index (χ3v) is 7.89. The van der Waals surface area contributed by atoms with E-state index in [0.29, 0.717) is 6.42 Å². The number of aliphatic hydroxyl groups is 1. The molecule has 0 aromatic rings. The van der Waals surface area contributed by atoms with Crippen LogP contribution in [0.3, 0.4) is 0 Å². The minimum absolute atomic E-state index is 0.0715. The predicted molar refractivity (Wildman–Crippen MR) is 180 cm³/mol. The lowest BCUT2D eigenvalue weighted by Crippen LogP contribution is -2.45. The first-order valence-electron chi connectivity index (χ1n) is 16.8. The molecule has 43 heavy (non-hydrogen) atoms. The molecule has 0 saturated carbocycles. The highest BCUT2D eigenvalue weighted by Gasteiger charge is 2.26. The predicted octanol–water partition coefficient (Wildman–Crippen LogP) is 8.21. The first-order chi connectivity index (χ1) is 20.9. The maximum absolute atomic E-state index is 12.6. The molecule has 0 aromatic heterocycles. The van der Waals surface area contributed by atoms with E-state index in [1.807, 2.05) is 6.08 Å². The van der Waals surface area contributed by atoms with Gasteiger partial charge in [0.15, 0.2) is 0 Å². The molecule has 0 spiro atoms.